The lowest BCUT2D eigenvalue weighted by Crippen LogP contribution is -2.32. The van der Waals surface area contributed by atoms with E-state index in [4.69, 9.17) is 0 Å². The molecule has 0 saturated carbocycles. The van der Waals surface area contributed by atoms with Gasteiger partial charge in [-0.3, -0.25) is 4.90 Å². The summed E-state index contributed by atoms with van der Waals surface area (Å²) in [4.78, 5) is 2.52. The molecule has 1 aliphatic heterocycles. The smallest absolute Gasteiger partial charge is 0.253 e. The Morgan fingerprint density at radius 3 is 2.21 bits per heavy atom. The molecule has 2 nitrogen and oxygen atoms in total. The van der Waals surface area contributed by atoms with Crippen molar-refractivity contribution >= 4 is 27.5 Å². The van der Waals surface area contributed by atoms with Crippen molar-refractivity contribution in [3.63, 3.8) is 0 Å². The molecule has 0 N–H and O–H groups in total. The summed E-state index contributed by atoms with van der Waals surface area (Å²) in [7, 11) is 0. The summed E-state index contributed by atoms with van der Waals surface area (Å²) >= 11 is 0. The third-order valence-electron chi connectivity index (χ3n) is 5.02. The minimum atomic E-state index is 0.961. The SMILES string of the molecule is c1ccc(CN2CC[n+]3c2c2ccccc2c2ccccc23)cc1. The van der Waals surface area contributed by atoms with Gasteiger partial charge in [0.25, 0.3) is 5.82 Å². The summed E-state index contributed by atoms with van der Waals surface area (Å²) in [5.41, 5.74) is 2.70. The van der Waals surface area contributed by atoms with Crippen molar-refractivity contribution in [2.24, 2.45) is 0 Å². The van der Waals surface area contributed by atoms with Crippen LogP contribution in [0.25, 0.3) is 21.7 Å². The zero-order chi connectivity index (χ0) is 15.9. The number of aromatic nitrogens is 1. The van der Waals surface area contributed by atoms with Crippen molar-refractivity contribution in [1.82, 2.24) is 0 Å². The first-order valence-electron chi connectivity index (χ1n) is 8.54. The van der Waals surface area contributed by atoms with Crippen LogP contribution in [0, 0.1) is 0 Å². The zero-order valence-electron chi connectivity index (χ0n) is 13.5. The van der Waals surface area contributed by atoms with Crippen molar-refractivity contribution in [2.75, 3.05) is 11.4 Å². The van der Waals surface area contributed by atoms with Crippen LogP contribution in [0.5, 0.6) is 0 Å². The molecular formula is C22H19N2+. The number of nitrogens with zero attached hydrogens (tertiary/aromatic N) is 2. The van der Waals surface area contributed by atoms with Crippen LogP contribution < -0.4 is 9.47 Å². The molecule has 0 aliphatic carbocycles. The number of fused-ring (bicyclic) bond motifs is 6. The van der Waals surface area contributed by atoms with E-state index in [-0.39, 0.29) is 0 Å². The molecule has 1 aromatic heterocycles. The number of pyridine rings is 1. The predicted molar refractivity (Wildman–Crippen MR) is 99.1 cm³/mol. The average molecular weight is 311 g/mol. The van der Waals surface area contributed by atoms with E-state index >= 15 is 0 Å². The van der Waals surface area contributed by atoms with Gasteiger partial charge in [-0.1, -0.05) is 66.7 Å². The Bertz CT molecular complexity index is 1040. The second-order valence-corrected chi connectivity index (χ2v) is 6.45. The molecule has 4 aromatic rings. The van der Waals surface area contributed by atoms with E-state index in [0.29, 0.717) is 0 Å². The Labute approximate surface area is 141 Å². The van der Waals surface area contributed by atoms with Crippen LogP contribution in [0.4, 0.5) is 5.82 Å². The van der Waals surface area contributed by atoms with E-state index in [0.717, 1.165) is 19.6 Å². The Morgan fingerprint density at radius 1 is 0.708 bits per heavy atom. The highest BCUT2D eigenvalue weighted by molar-refractivity contribution is 6.08. The highest BCUT2D eigenvalue weighted by atomic mass is 15.3. The highest BCUT2D eigenvalue weighted by Crippen LogP contribution is 2.32. The summed E-state index contributed by atoms with van der Waals surface area (Å²) in [6.07, 6.45) is 0. The van der Waals surface area contributed by atoms with Gasteiger partial charge >= 0.3 is 0 Å². The number of hydrogen-bond acceptors (Lipinski definition) is 1. The van der Waals surface area contributed by atoms with Gasteiger partial charge in [-0.05, 0) is 17.7 Å². The first-order valence-corrected chi connectivity index (χ1v) is 8.54. The van der Waals surface area contributed by atoms with E-state index in [2.05, 4.69) is 88.3 Å². The lowest BCUT2D eigenvalue weighted by Gasteiger charge is -2.14. The van der Waals surface area contributed by atoms with E-state index in [1.807, 2.05) is 0 Å². The molecule has 116 valence electrons. The Kier molecular flexibility index (Phi) is 3.02. The number of benzene rings is 3. The van der Waals surface area contributed by atoms with Crippen LogP contribution in [0.2, 0.25) is 0 Å². The molecule has 2 heteroatoms. The third-order valence-corrected chi connectivity index (χ3v) is 5.02. The van der Waals surface area contributed by atoms with Crippen LogP contribution in [-0.4, -0.2) is 6.54 Å². The molecule has 0 fully saturated rings. The zero-order valence-corrected chi connectivity index (χ0v) is 13.5. The van der Waals surface area contributed by atoms with E-state index < -0.39 is 0 Å². The fourth-order valence-electron chi connectivity index (χ4n) is 3.96. The number of para-hydroxylation sites is 1. The monoisotopic (exact) mass is 311 g/mol. The topological polar surface area (TPSA) is 7.12 Å². The summed E-state index contributed by atoms with van der Waals surface area (Å²) in [5.74, 6) is 1.35. The van der Waals surface area contributed by atoms with Crippen molar-refractivity contribution < 1.29 is 4.57 Å². The van der Waals surface area contributed by atoms with Crippen LogP contribution >= 0.6 is 0 Å². The maximum atomic E-state index is 2.52. The summed E-state index contributed by atoms with van der Waals surface area (Å²) in [6, 6.07) is 28.3. The second-order valence-electron chi connectivity index (χ2n) is 6.45. The molecule has 3 aromatic carbocycles. The van der Waals surface area contributed by atoms with Crippen LogP contribution in [-0.2, 0) is 13.1 Å². The van der Waals surface area contributed by atoms with Crippen molar-refractivity contribution in [2.45, 2.75) is 13.1 Å². The lowest BCUT2D eigenvalue weighted by atomic mass is 10.1. The van der Waals surface area contributed by atoms with Crippen molar-refractivity contribution in [3.8, 4) is 0 Å². The molecule has 2 heterocycles. The van der Waals surface area contributed by atoms with Gasteiger partial charge in [-0.2, -0.15) is 0 Å². The molecule has 0 amide bonds. The molecule has 0 spiro atoms. The fraction of sp³-hybridized carbons (Fsp3) is 0.136. The Balaban J connectivity index is 1.76. The Morgan fingerprint density at radius 2 is 1.38 bits per heavy atom. The molecule has 0 saturated heterocycles. The molecule has 0 atom stereocenters. The van der Waals surface area contributed by atoms with Gasteiger partial charge in [0.05, 0.1) is 5.39 Å². The summed E-state index contributed by atoms with van der Waals surface area (Å²) in [6.45, 7) is 3.07. The lowest BCUT2D eigenvalue weighted by molar-refractivity contribution is -0.643. The third kappa shape index (κ3) is 2.00. The maximum absolute atomic E-state index is 2.52. The van der Waals surface area contributed by atoms with Gasteiger partial charge < -0.3 is 0 Å². The van der Waals surface area contributed by atoms with Crippen LogP contribution in [0.3, 0.4) is 0 Å². The predicted octanol–water partition coefficient (Wildman–Crippen LogP) is 4.30. The second kappa shape index (κ2) is 5.34. The summed E-state index contributed by atoms with van der Waals surface area (Å²) in [5, 5.41) is 4.04. The minimum absolute atomic E-state index is 0.961. The molecule has 5 rings (SSSR count). The molecule has 0 radical (unpaired) electrons. The minimum Gasteiger partial charge on any atom is -0.253 e. The molecule has 0 bridgehead atoms. The summed E-state index contributed by atoms with van der Waals surface area (Å²) < 4.78 is 2.49. The quantitative estimate of drug-likeness (QED) is 0.395. The van der Waals surface area contributed by atoms with Gasteiger partial charge in [0, 0.05) is 10.8 Å². The van der Waals surface area contributed by atoms with Gasteiger partial charge in [0.1, 0.15) is 25.2 Å². The molecule has 0 unspecified atom stereocenters. The molecule has 24 heavy (non-hydrogen) atoms. The van der Waals surface area contributed by atoms with Crippen molar-refractivity contribution in [1.29, 1.82) is 0 Å². The van der Waals surface area contributed by atoms with Crippen molar-refractivity contribution in [3.05, 3.63) is 84.4 Å². The normalized spacial score (nSPS) is 13.6. The maximum Gasteiger partial charge on any atom is 0.285 e. The molecular weight excluding hydrogens is 292 g/mol. The van der Waals surface area contributed by atoms with Gasteiger partial charge in [-0.25, -0.2) is 4.57 Å². The number of anilines is 1. The number of hydrogen-bond donors (Lipinski definition) is 0. The van der Waals surface area contributed by atoms with Gasteiger partial charge in [-0.15, -0.1) is 0 Å². The van der Waals surface area contributed by atoms with E-state index in [1.54, 1.807) is 0 Å². The first kappa shape index (κ1) is 13.6. The Hall–Kier alpha value is -2.87. The fourth-order valence-corrected chi connectivity index (χ4v) is 3.96. The first-order chi connectivity index (χ1) is 11.9. The van der Waals surface area contributed by atoms with Gasteiger partial charge in [0.2, 0.25) is 0 Å². The largest absolute Gasteiger partial charge is 0.285 e. The standard InChI is InChI=1S/C22H19N2/c1-2-8-17(9-3-1)16-23-14-15-24-21-13-7-6-11-19(21)18-10-4-5-12-20(18)22(23)24/h1-13H,14-16H2/q+1. The van der Waals surface area contributed by atoms with E-state index in [9.17, 15) is 0 Å². The van der Waals surface area contributed by atoms with Gasteiger partial charge in [0.15, 0.2) is 0 Å². The highest BCUT2D eigenvalue weighted by Gasteiger charge is 2.32. The average Bonchev–Trinajstić information content (AvgIpc) is 3.07. The molecule has 1 aliphatic rings. The number of rotatable bonds is 2. The van der Waals surface area contributed by atoms with E-state index in [1.165, 1.54) is 33.1 Å². The van der Waals surface area contributed by atoms with Crippen LogP contribution in [0.15, 0.2) is 78.9 Å². The van der Waals surface area contributed by atoms with Crippen LogP contribution in [0.1, 0.15) is 5.56 Å².